The molecule has 2 rings (SSSR count). The largest absolute Gasteiger partial charge is 0.467 e. The van der Waals surface area contributed by atoms with Crippen molar-refractivity contribution in [2.24, 2.45) is 0 Å². The van der Waals surface area contributed by atoms with Gasteiger partial charge in [0.2, 0.25) is 5.91 Å². The molecule has 1 aromatic rings. The van der Waals surface area contributed by atoms with Gasteiger partial charge in [-0.15, -0.1) is 12.3 Å². The van der Waals surface area contributed by atoms with Crippen molar-refractivity contribution >= 4 is 11.9 Å². The maximum atomic E-state index is 12.5. The Morgan fingerprint density at radius 1 is 1.36 bits per heavy atom. The van der Waals surface area contributed by atoms with Crippen molar-refractivity contribution in [3.8, 4) is 12.3 Å². The van der Waals surface area contributed by atoms with E-state index in [9.17, 15) is 9.59 Å². The molecule has 0 aromatic heterocycles. The molecular weight excluding hydrogens is 316 g/mol. The van der Waals surface area contributed by atoms with Crippen LogP contribution in [0.5, 0.6) is 0 Å². The number of methoxy groups -OCH3 is 1. The number of carbonyl (C=O) groups is 2. The van der Waals surface area contributed by atoms with Crippen LogP contribution in [0.4, 0.5) is 0 Å². The molecule has 1 N–H and O–H groups in total. The third-order valence-electron chi connectivity index (χ3n) is 4.50. The predicted molar refractivity (Wildman–Crippen MR) is 96.5 cm³/mol. The van der Waals surface area contributed by atoms with E-state index in [1.807, 2.05) is 18.2 Å². The van der Waals surface area contributed by atoms with Gasteiger partial charge in [0.1, 0.15) is 0 Å². The lowest BCUT2D eigenvalue weighted by atomic mass is 9.88. The molecule has 1 saturated heterocycles. The monoisotopic (exact) mass is 342 g/mol. The van der Waals surface area contributed by atoms with Gasteiger partial charge in [-0.1, -0.05) is 30.3 Å². The molecule has 0 saturated carbocycles. The smallest absolute Gasteiger partial charge is 0.332 e. The summed E-state index contributed by atoms with van der Waals surface area (Å²) < 4.78 is 5.01. The second-order valence-corrected chi connectivity index (χ2v) is 6.48. The number of terminal acetylenes is 1. The molecule has 0 aliphatic carbocycles. The normalized spacial score (nSPS) is 20.5. The van der Waals surface area contributed by atoms with Gasteiger partial charge in [-0.25, -0.2) is 4.79 Å². The number of hydrogen-bond acceptors (Lipinski definition) is 4. The molecule has 0 radical (unpaired) electrons. The number of amides is 1. The summed E-state index contributed by atoms with van der Waals surface area (Å²) in [6, 6.07) is 10.1. The Bertz CT molecular complexity index is 624. The number of carbonyl (C=O) groups excluding carboxylic acids is 2. The second kappa shape index (κ2) is 9.24. The van der Waals surface area contributed by atoms with E-state index in [0.29, 0.717) is 32.2 Å². The van der Waals surface area contributed by atoms with Crippen molar-refractivity contribution in [2.45, 2.75) is 44.2 Å². The molecule has 0 spiro atoms. The van der Waals surface area contributed by atoms with E-state index >= 15 is 0 Å². The Morgan fingerprint density at radius 3 is 2.80 bits per heavy atom. The van der Waals surface area contributed by atoms with Gasteiger partial charge in [0.05, 0.1) is 7.11 Å². The Kier molecular flexibility index (Phi) is 7.03. The molecule has 1 amide bonds. The molecule has 5 heteroatoms. The Hall–Kier alpha value is -2.32. The summed E-state index contributed by atoms with van der Waals surface area (Å²) in [7, 11) is 1.37. The van der Waals surface area contributed by atoms with E-state index in [1.165, 1.54) is 12.7 Å². The number of rotatable bonds is 7. The highest BCUT2D eigenvalue weighted by Crippen LogP contribution is 2.24. The van der Waals surface area contributed by atoms with Crippen LogP contribution in [0.1, 0.15) is 37.7 Å². The minimum atomic E-state index is -0.977. The van der Waals surface area contributed by atoms with Crippen LogP contribution in [0.25, 0.3) is 0 Å². The van der Waals surface area contributed by atoms with Crippen LogP contribution in [0.15, 0.2) is 30.3 Å². The van der Waals surface area contributed by atoms with Crippen molar-refractivity contribution in [2.75, 3.05) is 20.2 Å². The topological polar surface area (TPSA) is 58.6 Å². The summed E-state index contributed by atoms with van der Waals surface area (Å²) in [6.45, 7) is 2.09. The summed E-state index contributed by atoms with van der Waals surface area (Å²) in [6.07, 6.45) is 8.13. The van der Waals surface area contributed by atoms with Gasteiger partial charge in [0.15, 0.2) is 5.54 Å². The van der Waals surface area contributed by atoms with Crippen molar-refractivity contribution in [3.05, 3.63) is 35.9 Å². The average Bonchev–Trinajstić information content (AvgIpc) is 2.62. The lowest BCUT2D eigenvalue weighted by molar-refractivity contribution is -0.154. The highest BCUT2D eigenvalue weighted by Gasteiger charge is 2.44. The fourth-order valence-electron chi connectivity index (χ4n) is 3.32. The average molecular weight is 342 g/mol. The predicted octanol–water partition coefficient (Wildman–Crippen LogP) is 2.11. The molecule has 25 heavy (non-hydrogen) atoms. The van der Waals surface area contributed by atoms with Crippen molar-refractivity contribution in [3.63, 3.8) is 0 Å². The summed E-state index contributed by atoms with van der Waals surface area (Å²) in [5, 5.41) is 2.93. The molecule has 5 nitrogen and oxygen atoms in total. The number of likely N-dealkylation sites (tertiary alicyclic amines) is 1. The Balaban J connectivity index is 2.06. The van der Waals surface area contributed by atoms with Gasteiger partial charge in [0, 0.05) is 25.9 Å². The summed E-state index contributed by atoms with van der Waals surface area (Å²) in [5.74, 6) is 1.99. The van der Waals surface area contributed by atoms with Gasteiger partial charge in [0.25, 0.3) is 0 Å². The maximum absolute atomic E-state index is 12.5. The molecule has 0 bridgehead atoms. The van der Waals surface area contributed by atoms with Crippen LogP contribution < -0.4 is 5.32 Å². The molecule has 1 aliphatic rings. The highest BCUT2D eigenvalue weighted by atomic mass is 16.5. The quantitative estimate of drug-likeness (QED) is 0.468. The fourth-order valence-corrected chi connectivity index (χ4v) is 3.32. The van der Waals surface area contributed by atoms with E-state index in [4.69, 9.17) is 11.2 Å². The molecule has 1 aromatic carbocycles. The maximum Gasteiger partial charge on any atom is 0.332 e. The third kappa shape index (κ3) is 5.33. The molecule has 1 fully saturated rings. The van der Waals surface area contributed by atoms with E-state index in [-0.39, 0.29) is 11.9 Å². The number of benzene rings is 1. The number of hydrogen-bond donors (Lipinski definition) is 1. The number of nitrogens with zero attached hydrogens (tertiary/aromatic N) is 1. The molecule has 1 unspecified atom stereocenters. The van der Waals surface area contributed by atoms with Gasteiger partial charge in [-0.05, 0) is 31.4 Å². The third-order valence-corrected chi connectivity index (χ3v) is 4.50. The van der Waals surface area contributed by atoms with Crippen LogP contribution in [0, 0.1) is 12.3 Å². The van der Waals surface area contributed by atoms with Gasteiger partial charge in [-0.2, -0.15) is 0 Å². The van der Waals surface area contributed by atoms with Crippen molar-refractivity contribution in [1.29, 1.82) is 0 Å². The van der Waals surface area contributed by atoms with E-state index in [2.05, 4.69) is 28.3 Å². The van der Waals surface area contributed by atoms with Crippen LogP contribution in [0.2, 0.25) is 0 Å². The molecule has 1 atom stereocenters. The summed E-state index contributed by atoms with van der Waals surface area (Å²) in [5.41, 5.74) is 0.207. The minimum Gasteiger partial charge on any atom is -0.467 e. The van der Waals surface area contributed by atoms with Crippen LogP contribution in [-0.4, -0.2) is 42.5 Å². The number of nitrogens with one attached hydrogen (secondary N) is 1. The number of esters is 1. The zero-order valence-electron chi connectivity index (χ0n) is 14.8. The molecule has 1 aliphatic heterocycles. The SMILES string of the molecule is C#CCCCC(=O)NC1(C(=O)OC)CCCN(Cc2ccccc2)C1. The van der Waals surface area contributed by atoms with Crippen molar-refractivity contribution < 1.29 is 14.3 Å². The standard InChI is InChI=1S/C20H26N2O3/c1-3-4-6-12-18(23)21-20(19(24)25-2)13-9-14-22(16-20)15-17-10-7-5-8-11-17/h1,5,7-8,10-11H,4,6,9,12-16H2,2H3,(H,21,23). The Labute approximate surface area is 149 Å². The summed E-state index contributed by atoms with van der Waals surface area (Å²) in [4.78, 5) is 26.9. The number of unbranched alkanes of at least 4 members (excludes halogenated alkanes) is 1. The van der Waals surface area contributed by atoms with Gasteiger partial charge < -0.3 is 10.1 Å². The second-order valence-electron chi connectivity index (χ2n) is 6.48. The first-order valence-corrected chi connectivity index (χ1v) is 8.69. The highest BCUT2D eigenvalue weighted by molar-refractivity contribution is 5.88. The zero-order chi connectivity index (χ0) is 18.1. The minimum absolute atomic E-state index is 0.151. The van der Waals surface area contributed by atoms with Crippen LogP contribution in [-0.2, 0) is 20.9 Å². The van der Waals surface area contributed by atoms with E-state index < -0.39 is 5.54 Å². The molecular formula is C20H26N2O3. The first-order valence-electron chi connectivity index (χ1n) is 8.69. The lowest BCUT2D eigenvalue weighted by Gasteiger charge is -2.41. The zero-order valence-corrected chi connectivity index (χ0v) is 14.8. The van der Waals surface area contributed by atoms with E-state index in [1.54, 1.807) is 0 Å². The molecule has 1 heterocycles. The van der Waals surface area contributed by atoms with Gasteiger partial charge in [-0.3, -0.25) is 9.69 Å². The number of ether oxygens (including phenoxy) is 1. The lowest BCUT2D eigenvalue weighted by Crippen LogP contribution is -2.63. The first kappa shape index (κ1) is 19.0. The Morgan fingerprint density at radius 2 is 2.12 bits per heavy atom. The van der Waals surface area contributed by atoms with Crippen LogP contribution in [0.3, 0.4) is 0 Å². The molecule has 134 valence electrons. The van der Waals surface area contributed by atoms with Crippen LogP contribution >= 0.6 is 0 Å². The summed E-state index contributed by atoms with van der Waals surface area (Å²) >= 11 is 0. The van der Waals surface area contributed by atoms with E-state index in [0.717, 1.165) is 19.5 Å². The van der Waals surface area contributed by atoms with Gasteiger partial charge >= 0.3 is 5.97 Å². The fraction of sp³-hybridized carbons (Fsp3) is 0.500. The first-order chi connectivity index (χ1) is 12.1. The number of piperidine rings is 1. The van der Waals surface area contributed by atoms with Crippen molar-refractivity contribution in [1.82, 2.24) is 10.2 Å².